The maximum Gasteiger partial charge on any atom is 0.0860 e. The van der Waals surface area contributed by atoms with Crippen LogP contribution in [-0.4, -0.2) is 13.2 Å². The van der Waals surface area contributed by atoms with Crippen LogP contribution in [0.25, 0.3) is 0 Å². The quantitative estimate of drug-likeness (QED) is 0.711. The molecule has 1 heterocycles. The highest BCUT2D eigenvalue weighted by molar-refractivity contribution is 5.54. The van der Waals surface area contributed by atoms with Gasteiger partial charge in [0.05, 0.1) is 6.10 Å². The van der Waals surface area contributed by atoms with Crippen LogP contribution in [0, 0.1) is 0 Å². The van der Waals surface area contributed by atoms with Crippen molar-refractivity contribution >= 4 is 5.69 Å². The molecular formula is C11H15NO. The van der Waals surface area contributed by atoms with E-state index in [1.807, 2.05) is 0 Å². The molecule has 1 aromatic carbocycles. The van der Waals surface area contributed by atoms with Crippen molar-refractivity contribution in [3.05, 3.63) is 29.8 Å². The van der Waals surface area contributed by atoms with Crippen molar-refractivity contribution in [1.82, 2.24) is 0 Å². The van der Waals surface area contributed by atoms with E-state index in [0.717, 1.165) is 6.42 Å². The van der Waals surface area contributed by atoms with Gasteiger partial charge in [0.25, 0.3) is 0 Å². The number of para-hydroxylation sites is 1. The molecule has 2 nitrogen and oxygen atoms in total. The minimum atomic E-state index is 0.257. The molecule has 2 atom stereocenters. The molecule has 0 fully saturated rings. The molecule has 0 spiro atoms. The van der Waals surface area contributed by atoms with Crippen molar-refractivity contribution in [3.63, 3.8) is 0 Å². The molecule has 1 N–H and O–H groups in total. The fourth-order valence-electron chi connectivity index (χ4n) is 1.90. The van der Waals surface area contributed by atoms with Crippen molar-refractivity contribution in [2.75, 3.05) is 12.4 Å². The van der Waals surface area contributed by atoms with E-state index in [2.05, 4.69) is 36.5 Å². The Bertz CT molecular complexity index is 298. The van der Waals surface area contributed by atoms with Gasteiger partial charge in [-0.2, -0.15) is 0 Å². The molecule has 1 aliphatic rings. The highest BCUT2D eigenvalue weighted by atomic mass is 16.5. The monoisotopic (exact) mass is 177 g/mol. The lowest BCUT2D eigenvalue weighted by atomic mass is 9.96. The Morgan fingerprint density at radius 3 is 2.92 bits per heavy atom. The third-order valence-electron chi connectivity index (χ3n) is 2.56. The zero-order chi connectivity index (χ0) is 9.26. The first-order chi connectivity index (χ1) is 6.31. The van der Waals surface area contributed by atoms with Crippen LogP contribution in [0.15, 0.2) is 24.3 Å². The summed E-state index contributed by atoms with van der Waals surface area (Å²) in [6.07, 6.45) is 1.31. The van der Waals surface area contributed by atoms with E-state index in [4.69, 9.17) is 4.74 Å². The van der Waals surface area contributed by atoms with Gasteiger partial charge >= 0.3 is 0 Å². The van der Waals surface area contributed by atoms with Crippen LogP contribution < -0.4 is 5.32 Å². The van der Waals surface area contributed by atoms with Gasteiger partial charge < -0.3 is 10.1 Å². The number of nitrogens with one attached hydrogen (secondary N) is 1. The zero-order valence-corrected chi connectivity index (χ0v) is 8.08. The Labute approximate surface area is 78.9 Å². The highest BCUT2D eigenvalue weighted by Crippen LogP contribution is 2.33. The van der Waals surface area contributed by atoms with E-state index >= 15 is 0 Å². The van der Waals surface area contributed by atoms with Gasteiger partial charge in [0, 0.05) is 24.4 Å². The minimum Gasteiger partial charge on any atom is -0.382 e. The van der Waals surface area contributed by atoms with E-state index in [1.54, 1.807) is 7.11 Å². The second-order valence-electron chi connectivity index (χ2n) is 3.59. The Balaban J connectivity index is 2.37. The zero-order valence-electron chi connectivity index (χ0n) is 8.08. The number of anilines is 1. The summed E-state index contributed by atoms with van der Waals surface area (Å²) < 4.78 is 5.45. The normalized spacial score (nSPS) is 26.3. The van der Waals surface area contributed by atoms with E-state index < -0.39 is 0 Å². The number of hydrogen-bond acceptors (Lipinski definition) is 2. The minimum absolute atomic E-state index is 0.257. The van der Waals surface area contributed by atoms with Gasteiger partial charge in [-0.05, 0) is 19.4 Å². The van der Waals surface area contributed by atoms with Crippen molar-refractivity contribution in [1.29, 1.82) is 0 Å². The predicted molar refractivity (Wildman–Crippen MR) is 53.9 cm³/mol. The summed E-state index contributed by atoms with van der Waals surface area (Å²) in [7, 11) is 1.78. The summed E-state index contributed by atoms with van der Waals surface area (Å²) in [6, 6.07) is 8.85. The summed E-state index contributed by atoms with van der Waals surface area (Å²) in [5.74, 6) is 0. The van der Waals surface area contributed by atoms with Crippen molar-refractivity contribution in [2.45, 2.75) is 25.5 Å². The molecule has 2 heteroatoms. The molecule has 0 bridgehead atoms. The third kappa shape index (κ3) is 1.54. The lowest BCUT2D eigenvalue weighted by Crippen LogP contribution is -2.25. The molecule has 1 aliphatic heterocycles. The first kappa shape index (κ1) is 8.57. The summed E-state index contributed by atoms with van der Waals surface area (Å²) in [5.41, 5.74) is 2.50. The molecular weight excluding hydrogens is 162 g/mol. The number of rotatable bonds is 1. The second kappa shape index (κ2) is 3.38. The third-order valence-corrected chi connectivity index (χ3v) is 2.56. The average Bonchev–Trinajstić information content (AvgIpc) is 2.16. The van der Waals surface area contributed by atoms with Crippen molar-refractivity contribution in [2.24, 2.45) is 0 Å². The van der Waals surface area contributed by atoms with Crippen LogP contribution in [0.4, 0.5) is 5.69 Å². The molecule has 0 aromatic heterocycles. The topological polar surface area (TPSA) is 21.3 Å². The van der Waals surface area contributed by atoms with Crippen LogP contribution in [0.2, 0.25) is 0 Å². The maximum atomic E-state index is 5.45. The molecule has 0 saturated carbocycles. The largest absolute Gasteiger partial charge is 0.382 e. The first-order valence-electron chi connectivity index (χ1n) is 4.69. The molecule has 0 aliphatic carbocycles. The van der Waals surface area contributed by atoms with Crippen LogP contribution >= 0.6 is 0 Å². The SMILES string of the molecule is COC1CC(C)Nc2ccccc21. The summed E-state index contributed by atoms with van der Waals surface area (Å²) >= 11 is 0. The second-order valence-corrected chi connectivity index (χ2v) is 3.59. The maximum absolute atomic E-state index is 5.45. The number of methoxy groups -OCH3 is 1. The Morgan fingerprint density at radius 2 is 2.15 bits per heavy atom. The van der Waals surface area contributed by atoms with Gasteiger partial charge in [0.2, 0.25) is 0 Å². The fourth-order valence-corrected chi connectivity index (χ4v) is 1.90. The lowest BCUT2D eigenvalue weighted by Gasteiger charge is -2.30. The van der Waals surface area contributed by atoms with Crippen LogP contribution in [0.5, 0.6) is 0 Å². The van der Waals surface area contributed by atoms with Gasteiger partial charge in [0.1, 0.15) is 0 Å². The number of fused-ring (bicyclic) bond motifs is 1. The van der Waals surface area contributed by atoms with Crippen LogP contribution in [0.1, 0.15) is 25.0 Å². The molecule has 2 rings (SSSR count). The van der Waals surface area contributed by atoms with Gasteiger partial charge in [-0.15, -0.1) is 0 Å². The molecule has 70 valence electrons. The Morgan fingerprint density at radius 1 is 1.38 bits per heavy atom. The number of ether oxygens (including phenoxy) is 1. The van der Waals surface area contributed by atoms with Crippen molar-refractivity contribution in [3.8, 4) is 0 Å². The highest BCUT2D eigenvalue weighted by Gasteiger charge is 2.22. The molecule has 2 unspecified atom stereocenters. The predicted octanol–water partition coefficient (Wildman–Crippen LogP) is 2.58. The van der Waals surface area contributed by atoms with Gasteiger partial charge in [0.15, 0.2) is 0 Å². The Kier molecular flexibility index (Phi) is 2.23. The van der Waals surface area contributed by atoms with E-state index in [0.29, 0.717) is 6.04 Å². The van der Waals surface area contributed by atoms with E-state index in [-0.39, 0.29) is 6.10 Å². The number of hydrogen-bond donors (Lipinski definition) is 1. The van der Waals surface area contributed by atoms with Gasteiger partial charge in [-0.3, -0.25) is 0 Å². The van der Waals surface area contributed by atoms with Crippen LogP contribution in [0.3, 0.4) is 0 Å². The first-order valence-corrected chi connectivity index (χ1v) is 4.69. The molecule has 1 aromatic rings. The molecule has 13 heavy (non-hydrogen) atoms. The van der Waals surface area contributed by atoms with Crippen molar-refractivity contribution < 1.29 is 4.74 Å². The fraction of sp³-hybridized carbons (Fsp3) is 0.455. The number of benzene rings is 1. The standard InChI is InChI=1S/C11H15NO/c1-8-7-11(13-2)9-5-3-4-6-10(9)12-8/h3-6,8,11-12H,7H2,1-2H3. The van der Waals surface area contributed by atoms with Crippen LogP contribution in [-0.2, 0) is 4.74 Å². The molecule has 0 radical (unpaired) electrons. The summed E-state index contributed by atoms with van der Waals surface area (Å²) in [4.78, 5) is 0. The average molecular weight is 177 g/mol. The van der Waals surface area contributed by atoms with E-state index in [1.165, 1.54) is 11.3 Å². The lowest BCUT2D eigenvalue weighted by molar-refractivity contribution is 0.0894. The Hall–Kier alpha value is -1.02. The van der Waals surface area contributed by atoms with Gasteiger partial charge in [-0.1, -0.05) is 18.2 Å². The smallest absolute Gasteiger partial charge is 0.0860 e. The molecule has 0 saturated heterocycles. The molecule has 0 amide bonds. The summed E-state index contributed by atoms with van der Waals surface area (Å²) in [5, 5.41) is 3.44. The van der Waals surface area contributed by atoms with Gasteiger partial charge in [-0.25, -0.2) is 0 Å². The summed E-state index contributed by atoms with van der Waals surface area (Å²) in [6.45, 7) is 2.18. The van der Waals surface area contributed by atoms with E-state index in [9.17, 15) is 0 Å².